The van der Waals surface area contributed by atoms with Crippen molar-refractivity contribution < 1.29 is 18.7 Å². The average Bonchev–Trinajstić information content (AvgIpc) is 3.04. The Balaban J connectivity index is 1.81. The lowest BCUT2D eigenvalue weighted by Gasteiger charge is -2.25. The van der Waals surface area contributed by atoms with Crippen LogP contribution < -0.4 is 10.2 Å². The minimum atomic E-state index is -0.549. The number of carbonyl (C=O) groups is 1. The third kappa shape index (κ3) is 4.05. The van der Waals surface area contributed by atoms with Crippen molar-refractivity contribution in [1.82, 2.24) is 4.90 Å². The van der Waals surface area contributed by atoms with Gasteiger partial charge in [-0.05, 0) is 56.2 Å². The molecular weight excluding hydrogens is 418 g/mol. The minimum Gasteiger partial charge on any atom is -0.497 e. The van der Waals surface area contributed by atoms with Gasteiger partial charge in [-0.2, -0.15) is 0 Å². The van der Waals surface area contributed by atoms with Crippen molar-refractivity contribution in [3.8, 4) is 5.75 Å². The number of carbonyl (C=O) groups excluding carboxylic acids is 1. The van der Waals surface area contributed by atoms with Crippen LogP contribution in [0.25, 0.3) is 11.0 Å². The Labute approximate surface area is 185 Å². The molecule has 0 N–H and O–H groups in total. The van der Waals surface area contributed by atoms with Gasteiger partial charge in [0.15, 0.2) is 5.43 Å². The van der Waals surface area contributed by atoms with E-state index in [-0.39, 0.29) is 23.2 Å². The largest absolute Gasteiger partial charge is 0.497 e. The predicted molar refractivity (Wildman–Crippen MR) is 119 cm³/mol. The minimum absolute atomic E-state index is 0.0884. The Kier molecular flexibility index (Phi) is 6.03. The van der Waals surface area contributed by atoms with Gasteiger partial charge >= 0.3 is 0 Å². The summed E-state index contributed by atoms with van der Waals surface area (Å²) < 4.78 is 16.8. The molecule has 2 aromatic carbocycles. The van der Waals surface area contributed by atoms with Gasteiger partial charge in [0.25, 0.3) is 5.91 Å². The smallest absolute Gasteiger partial charge is 0.290 e. The lowest BCUT2D eigenvalue weighted by Crippen LogP contribution is -2.31. The zero-order valence-electron chi connectivity index (χ0n) is 17.7. The molecule has 2 heterocycles. The molecule has 1 aliphatic heterocycles. The average molecular weight is 442 g/mol. The number of hydrogen-bond acceptors (Lipinski definition) is 5. The number of methoxy groups -OCH3 is 1. The molecule has 0 fully saturated rings. The molecule has 1 aromatic heterocycles. The Morgan fingerprint density at radius 1 is 1.13 bits per heavy atom. The summed E-state index contributed by atoms with van der Waals surface area (Å²) >= 11 is 6.11. The molecule has 0 radical (unpaired) electrons. The topological polar surface area (TPSA) is 69.0 Å². The zero-order chi connectivity index (χ0) is 22.1. The van der Waals surface area contributed by atoms with E-state index in [0.29, 0.717) is 46.9 Å². The van der Waals surface area contributed by atoms with Crippen molar-refractivity contribution >= 4 is 28.5 Å². The normalized spacial score (nSPS) is 15.7. The summed E-state index contributed by atoms with van der Waals surface area (Å²) in [5, 5.41) is 0.801. The number of amides is 1. The predicted octanol–water partition coefficient (Wildman–Crippen LogP) is 4.82. The van der Waals surface area contributed by atoms with Crippen LogP contribution in [0.4, 0.5) is 0 Å². The van der Waals surface area contributed by atoms with E-state index in [1.807, 2.05) is 38.1 Å². The summed E-state index contributed by atoms with van der Waals surface area (Å²) in [7, 11) is 1.59. The van der Waals surface area contributed by atoms with Crippen LogP contribution in [0.1, 0.15) is 48.0 Å². The molecule has 0 unspecified atom stereocenters. The van der Waals surface area contributed by atoms with Crippen molar-refractivity contribution in [2.45, 2.75) is 32.4 Å². The van der Waals surface area contributed by atoms with Gasteiger partial charge in [0.2, 0.25) is 5.76 Å². The van der Waals surface area contributed by atoms with Crippen LogP contribution in [0.15, 0.2) is 51.7 Å². The SMILES string of the molecule is COc1ccc([C@H]2c3c(oc4ccc(Cl)cc4c3=O)C(=O)N2CCCOC(C)C)cc1. The molecule has 3 aromatic rings. The number of benzene rings is 2. The van der Waals surface area contributed by atoms with E-state index in [1.54, 1.807) is 30.2 Å². The molecule has 0 spiro atoms. The monoisotopic (exact) mass is 441 g/mol. The van der Waals surface area contributed by atoms with Crippen molar-refractivity contribution in [1.29, 1.82) is 0 Å². The maximum Gasteiger partial charge on any atom is 0.290 e. The molecule has 0 bridgehead atoms. The maximum atomic E-state index is 13.4. The van der Waals surface area contributed by atoms with Gasteiger partial charge in [0.1, 0.15) is 11.3 Å². The van der Waals surface area contributed by atoms with E-state index < -0.39 is 6.04 Å². The van der Waals surface area contributed by atoms with E-state index in [1.165, 1.54) is 0 Å². The highest BCUT2D eigenvalue weighted by Gasteiger charge is 2.42. The van der Waals surface area contributed by atoms with Gasteiger partial charge in [-0.3, -0.25) is 9.59 Å². The molecule has 0 saturated carbocycles. The first-order chi connectivity index (χ1) is 14.9. The van der Waals surface area contributed by atoms with Crippen LogP contribution in [0.5, 0.6) is 5.75 Å². The molecule has 1 atom stereocenters. The first-order valence-corrected chi connectivity index (χ1v) is 10.6. The first kappa shape index (κ1) is 21.4. The second-order valence-electron chi connectivity index (χ2n) is 7.76. The number of hydrogen-bond donors (Lipinski definition) is 0. The van der Waals surface area contributed by atoms with E-state index in [0.717, 1.165) is 5.56 Å². The van der Waals surface area contributed by atoms with Crippen molar-refractivity contribution in [2.24, 2.45) is 0 Å². The van der Waals surface area contributed by atoms with Crippen LogP contribution in [0.2, 0.25) is 5.02 Å². The van der Waals surface area contributed by atoms with E-state index >= 15 is 0 Å². The van der Waals surface area contributed by atoms with Crippen LogP contribution in [0.3, 0.4) is 0 Å². The maximum absolute atomic E-state index is 13.4. The zero-order valence-corrected chi connectivity index (χ0v) is 18.4. The van der Waals surface area contributed by atoms with Crippen LogP contribution in [0, 0.1) is 0 Å². The highest BCUT2D eigenvalue weighted by Crippen LogP contribution is 2.38. The third-order valence-electron chi connectivity index (χ3n) is 5.35. The number of nitrogens with zero attached hydrogens (tertiary/aromatic N) is 1. The molecule has 0 aliphatic carbocycles. The van der Waals surface area contributed by atoms with Crippen molar-refractivity contribution in [3.63, 3.8) is 0 Å². The number of halogens is 1. The standard InChI is InChI=1S/C24H24ClNO5/c1-14(2)30-12-4-11-26-21(15-5-8-17(29-3)9-6-15)20-22(27)18-13-16(25)7-10-19(18)31-23(20)24(26)28/h5-10,13-14,21H,4,11-12H2,1-3H3/t21-/m0/s1. The van der Waals surface area contributed by atoms with Crippen LogP contribution in [-0.4, -0.2) is 37.2 Å². The summed E-state index contributed by atoms with van der Waals surface area (Å²) in [5.74, 6) is 0.488. The summed E-state index contributed by atoms with van der Waals surface area (Å²) in [6.45, 7) is 4.89. The molecule has 162 valence electrons. The summed E-state index contributed by atoms with van der Waals surface area (Å²) in [5.41, 5.74) is 1.26. The van der Waals surface area contributed by atoms with Gasteiger partial charge in [-0.15, -0.1) is 0 Å². The van der Waals surface area contributed by atoms with Crippen molar-refractivity contribution in [3.05, 3.63) is 74.6 Å². The molecule has 31 heavy (non-hydrogen) atoms. The fourth-order valence-corrected chi connectivity index (χ4v) is 4.08. The van der Waals surface area contributed by atoms with Crippen LogP contribution >= 0.6 is 11.6 Å². The molecule has 7 heteroatoms. The highest BCUT2D eigenvalue weighted by atomic mass is 35.5. The Hall–Kier alpha value is -2.83. The summed E-state index contributed by atoms with van der Waals surface area (Å²) in [6, 6.07) is 11.7. The second kappa shape index (κ2) is 8.73. The van der Waals surface area contributed by atoms with E-state index in [9.17, 15) is 9.59 Å². The second-order valence-corrected chi connectivity index (χ2v) is 8.20. The summed E-state index contributed by atoms with van der Waals surface area (Å²) in [6.07, 6.45) is 0.756. The van der Waals surface area contributed by atoms with Crippen LogP contribution in [-0.2, 0) is 4.74 Å². The lowest BCUT2D eigenvalue weighted by atomic mass is 9.98. The first-order valence-electron chi connectivity index (χ1n) is 10.2. The molecule has 1 aliphatic rings. The number of rotatable bonds is 7. The van der Waals surface area contributed by atoms with Gasteiger partial charge in [0, 0.05) is 18.2 Å². The molecule has 6 nitrogen and oxygen atoms in total. The van der Waals surface area contributed by atoms with Gasteiger partial charge in [-0.1, -0.05) is 23.7 Å². The number of ether oxygens (including phenoxy) is 2. The lowest BCUT2D eigenvalue weighted by molar-refractivity contribution is 0.0593. The van der Waals surface area contributed by atoms with Gasteiger partial charge in [-0.25, -0.2) is 0 Å². The third-order valence-corrected chi connectivity index (χ3v) is 5.59. The number of fused-ring (bicyclic) bond motifs is 2. The van der Waals surface area contributed by atoms with Crippen molar-refractivity contribution in [2.75, 3.05) is 20.3 Å². The molecular formula is C24H24ClNO5. The fourth-order valence-electron chi connectivity index (χ4n) is 3.91. The molecule has 1 amide bonds. The Bertz CT molecular complexity index is 1170. The quantitative estimate of drug-likeness (QED) is 0.492. The summed E-state index contributed by atoms with van der Waals surface area (Å²) in [4.78, 5) is 28.4. The molecule has 4 rings (SSSR count). The highest BCUT2D eigenvalue weighted by molar-refractivity contribution is 6.31. The molecule has 0 saturated heterocycles. The fraction of sp³-hybridized carbons (Fsp3) is 0.333. The van der Waals surface area contributed by atoms with E-state index in [2.05, 4.69) is 0 Å². The van der Waals surface area contributed by atoms with E-state index in [4.69, 9.17) is 25.5 Å². The van der Waals surface area contributed by atoms with Gasteiger partial charge < -0.3 is 18.8 Å². The van der Waals surface area contributed by atoms with Gasteiger partial charge in [0.05, 0.1) is 30.2 Å². The Morgan fingerprint density at radius 3 is 2.55 bits per heavy atom. The Morgan fingerprint density at radius 2 is 1.87 bits per heavy atom.